The van der Waals surface area contributed by atoms with Gasteiger partial charge < -0.3 is 10.1 Å². The number of rotatable bonds is 2. The highest BCUT2D eigenvalue weighted by Gasteiger charge is 2.35. The van der Waals surface area contributed by atoms with Crippen LogP contribution in [0.2, 0.25) is 0 Å². The molecular formula is C23H20N2O2. The lowest BCUT2D eigenvalue weighted by molar-refractivity contribution is -0.116. The fraction of sp³-hybridized carbons (Fsp3) is 0.217. The van der Waals surface area contributed by atoms with Crippen LogP contribution >= 0.6 is 0 Å². The molecule has 2 aromatic carbocycles. The number of hydrogen-bond donors (Lipinski definition) is 1. The molecule has 1 N–H and O–H groups in total. The zero-order valence-corrected chi connectivity index (χ0v) is 15.2. The van der Waals surface area contributed by atoms with Crippen molar-refractivity contribution in [1.82, 2.24) is 4.98 Å². The van der Waals surface area contributed by atoms with Gasteiger partial charge in [0.2, 0.25) is 0 Å². The van der Waals surface area contributed by atoms with Gasteiger partial charge in [0.25, 0.3) is 0 Å². The van der Waals surface area contributed by atoms with Crippen LogP contribution in [0.25, 0.3) is 16.5 Å². The van der Waals surface area contributed by atoms with Crippen molar-refractivity contribution < 1.29 is 9.53 Å². The Morgan fingerprint density at radius 1 is 1.07 bits per heavy atom. The molecule has 1 aliphatic heterocycles. The predicted octanol–water partition coefficient (Wildman–Crippen LogP) is 4.92. The largest absolute Gasteiger partial charge is 0.497 e. The van der Waals surface area contributed by atoms with Crippen molar-refractivity contribution in [2.24, 2.45) is 0 Å². The molecule has 27 heavy (non-hydrogen) atoms. The molecule has 4 nitrogen and oxygen atoms in total. The fourth-order valence-corrected chi connectivity index (χ4v) is 4.31. The highest BCUT2D eigenvalue weighted by Crippen LogP contribution is 2.47. The Morgan fingerprint density at radius 3 is 2.70 bits per heavy atom. The first-order valence-electron chi connectivity index (χ1n) is 9.31. The number of aromatic nitrogens is 1. The van der Waals surface area contributed by atoms with Gasteiger partial charge in [0.05, 0.1) is 30.6 Å². The SMILES string of the molecule is COc1ccc(C2Nc3cnc4ccccc4c3C3=C2C(=O)CCC3)cc1. The van der Waals surface area contributed by atoms with Gasteiger partial charge in [-0.15, -0.1) is 0 Å². The lowest BCUT2D eigenvalue weighted by Gasteiger charge is -2.34. The van der Waals surface area contributed by atoms with Crippen molar-refractivity contribution in [2.75, 3.05) is 12.4 Å². The second-order valence-corrected chi connectivity index (χ2v) is 7.08. The lowest BCUT2D eigenvalue weighted by atomic mass is 9.77. The summed E-state index contributed by atoms with van der Waals surface area (Å²) in [6.07, 6.45) is 4.35. The molecule has 0 spiro atoms. The molecule has 0 saturated heterocycles. The minimum atomic E-state index is -0.144. The van der Waals surface area contributed by atoms with Crippen LogP contribution in [-0.2, 0) is 4.79 Å². The van der Waals surface area contributed by atoms with Gasteiger partial charge in [0.15, 0.2) is 5.78 Å². The number of para-hydroxylation sites is 1. The summed E-state index contributed by atoms with van der Waals surface area (Å²) in [4.78, 5) is 17.6. The molecule has 0 bridgehead atoms. The molecule has 5 rings (SSSR count). The standard InChI is InChI=1S/C23H20N2O2/c1-27-15-11-9-14(10-12-15)23-22-17(6-4-8-20(22)26)21-16-5-2-3-7-18(16)24-13-19(21)25-23/h2-3,5,7,9-13,23,25H,4,6,8H2,1H3. The number of benzene rings is 2. The smallest absolute Gasteiger partial charge is 0.161 e. The number of hydrogen-bond acceptors (Lipinski definition) is 4. The van der Waals surface area contributed by atoms with Gasteiger partial charge in [0, 0.05) is 22.9 Å². The molecule has 0 saturated carbocycles. The number of anilines is 1. The number of methoxy groups -OCH3 is 1. The maximum absolute atomic E-state index is 12.9. The minimum Gasteiger partial charge on any atom is -0.497 e. The van der Waals surface area contributed by atoms with E-state index in [1.165, 1.54) is 5.57 Å². The van der Waals surface area contributed by atoms with Crippen molar-refractivity contribution in [3.8, 4) is 5.75 Å². The Labute approximate surface area is 157 Å². The monoisotopic (exact) mass is 356 g/mol. The first-order chi connectivity index (χ1) is 13.3. The number of pyridine rings is 1. The van der Waals surface area contributed by atoms with Gasteiger partial charge in [0.1, 0.15) is 5.75 Å². The van der Waals surface area contributed by atoms with Crippen molar-refractivity contribution in [1.29, 1.82) is 0 Å². The molecule has 0 radical (unpaired) electrons. The molecule has 0 amide bonds. The van der Waals surface area contributed by atoms with Crippen LogP contribution in [0.4, 0.5) is 5.69 Å². The average molecular weight is 356 g/mol. The van der Waals surface area contributed by atoms with Crippen LogP contribution in [0, 0.1) is 0 Å². The molecule has 134 valence electrons. The Morgan fingerprint density at radius 2 is 1.89 bits per heavy atom. The van der Waals surface area contributed by atoms with Crippen LogP contribution in [0.1, 0.15) is 36.4 Å². The van der Waals surface area contributed by atoms with Gasteiger partial charge in [-0.1, -0.05) is 30.3 Å². The first-order valence-corrected chi connectivity index (χ1v) is 9.31. The topological polar surface area (TPSA) is 51.2 Å². The Balaban J connectivity index is 1.73. The van der Waals surface area contributed by atoms with E-state index < -0.39 is 0 Å². The van der Waals surface area contributed by atoms with E-state index in [0.717, 1.165) is 51.9 Å². The molecule has 1 atom stereocenters. The van der Waals surface area contributed by atoms with Crippen molar-refractivity contribution in [3.63, 3.8) is 0 Å². The third kappa shape index (κ3) is 2.52. The van der Waals surface area contributed by atoms with E-state index in [0.29, 0.717) is 6.42 Å². The summed E-state index contributed by atoms with van der Waals surface area (Å²) >= 11 is 0. The molecule has 1 aromatic heterocycles. The number of ketones is 1. The number of nitrogens with one attached hydrogen (secondary N) is 1. The summed E-state index contributed by atoms with van der Waals surface area (Å²) in [5.41, 5.74) is 6.27. The summed E-state index contributed by atoms with van der Waals surface area (Å²) in [7, 11) is 1.66. The Bertz CT molecular complexity index is 1080. The van der Waals surface area contributed by atoms with Crippen LogP contribution in [-0.4, -0.2) is 17.9 Å². The van der Waals surface area contributed by atoms with Gasteiger partial charge >= 0.3 is 0 Å². The maximum Gasteiger partial charge on any atom is 0.161 e. The number of carbonyl (C=O) groups is 1. The molecule has 1 aliphatic carbocycles. The normalized spacial score (nSPS) is 18.7. The zero-order chi connectivity index (χ0) is 18.4. The molecule has 2 heterocycles. The highest BCUT2D eigenvalue weighted by atomic mass is 16.5. The third-order valence-electron chi connectivity index (χ3n) is 5.57. The Kier molecular flexibility index (Phi) is 3.71. The van der Waals surface area contributed by atoms with E-state index in [9.17, 15) is 4.79 Å². The van der Waals surface area contributed by atoms with Crippen LogP contribution in [0.5, 0.6) is 5.75 Å². The van der Waals surface area contributed by atoms with Crippen molar-refractivity contribution >= 4 is 27.9 Å². The molecule has 0 fully saturated rings. The van der Waals surface area contributed by atoms with E-state index >= 15 is 0 Å². The van der Waals surface area contributed by atoms with E-state index in [2.05, 4.69) is 16.4 Å². The number of nitrogens with zero attached hydrogens (tertiary/aromatic N) is 1. The third-order valence-corrected chi connectivity index (χ3v) is 5.57. The Hall–Kier alpha value is -3.14. The molecular weight excluding hydrogens is 336 g/mol. The van der Waals surface area contributed by atoms with E-state index in [1.54, 1.807) is 7.11 Å². The summed E-state index contributed by atoms with van der Waals surface area (Å²) < 4.78 is 5.28. The lowest BCUT2D eigenvalue weighted by Crippen LogP contribution is -2.27. The van der Waals surface area contributed by atoms with Crippen LogP contribution in [0.3, 0.4) is 0 Å². The first kappa shape index (κ1) is 16.1. The van der Waals surface area contributed by atoms with E-state index in [4.69, 9.17) is 4.74 Å². The molecule has 4 heteroatoms. The maximum atomic E-state index is 12.9. The zero-order valence-electron chi connectivity index (χ0n) is 15.2. The molecule has 2 aliphatic rings. The number of allylic oxidation sites excluding steroid dienone is 1. The van der Waals surface area contributed by atoms with Gasteiger partial charge in [-0.2, -0.15) is 0 Å². The minimum absolute atomic E-state index is 0.144. The number of ether oxygens (including phenoxy) is 1. The molecule has 3 aromatic rings. The fourth-order valence-electron chi connectivity index (χ4n) is 4.31. The second-order valence-electron chi connectivity index (χ2n) is 7.08. The van der Waals surface area contributed by atoms with Crippen LogP contribution in [0.15, 0.2) is 60.3 Å². The molecule has 1 unspecified atom stereocenters. The van der Waals surface area contributed by atoms with Gasteiger partial charge in [-0.3, -0.25) is 9.78 Å². The summed E-state index contributed by atoms with van der Waals surface area (Å²) in [5, 5.41) is 4.70. The van der Waals surface area contributed by atoms with E-state index in [1.807, 2.05) is 48.7 Å². The number of carbonyl (C=O) groups excluding carboxylic acids is 1. The summed E-state index contributed by atoms with van der Waals surface area (Å²) in [5.74, 6) is 1.06. The summed E-state index contributed by atoms with van der Waals surface area (Å²) in [6, 6.07) is 16.0. The van der Waals surface area contributed by atoms with Crippen LogP contribution < -0.4 is 10.1 Å². The number of fused-ring (bicyclic) bond motifs is 4. The quantitative estimate of drug-likeness (QED) is 0.708. The number of Topliss-reactive ketones (excluding diaryl/α,β-unsaturated/α-hetero) is 1. The van der Waals surface area contributed by atoms with Crippen molar-refractivity contribution in [3.05, 3.63) is 71.4 Å². The summed E-state index contributed by atoms with van der Waals surface area (Å²) in [6.45, 7) is 0. The second kappa shape index (κ2) is 6.23. The predicted molar refractivity (Wildman–Crippen MR) is 107 cm³/mol. The average Bonchev–Trinajstić information content (AvgIpc) is 2.73. The van der Waals surface area contributed by atoms with E-state index in [-0.39, 0.29) is 11.8 Å². The highest BCUT2D eigenvalue weighted by molar-refractivity contribution is 6.11. The van der Waals surface area contributed by atoms with Gasteiger partial charge in [-0.25, -0.2) is 0 Å². The van der Waals surface area contributed by atoms with Crippen molar-refractivity contribution in [2.45, 2.75) is 25.3 Å². The van der Waals surface area contributed by atoms with Gasteiger partial charge in [-0.05, 0) is 42.2 Å².